The van der Waals surface area contributed by atoms with Crippen molar-refractivity contribution < 1.29 is 4.92 Å². The maximum atomic E-state index is 10.9. The first-order valence-corrected chi connectivity index (χ1v) is 6.69. The molecule has 0 atom stereocenters. The lowest BCUT2D eigenvalue weighted by molar-refractivity contribution is -0.384. The van der Waals surface area contributed by atoms with Gasteiger partial charge in [-0.05, 0) is 31.2 Å². The van der Waals surface area contributed by atoms with Crippen molar-refractivity contribution >= 4 is 17.3 Å². The van der Waals surface area contributed by atoms with Gasteiger partial charge >= 0.3 is 0 Å². The summed E-state index contributed by atoms with van der Waals surface area (Å²) in [5, 5.41) is 18.6. The zero-order valence-corrected chi connectivity index (χ0v) is 11.8. The van der Waals surface area contributed by atoms with E-state index in [2.05, 4.69) is 17.3 Å². The zero-order chi connectivity index (χ0) is 14.5. The van der Waals surface area contributed by atoms with E-state index in [1.54, 1.807) is 16.9 Å². The van der Waals surface area contributed by atoms with Gasteiger partial charge < -0.3 is 5.32 Å². The van der Waals surface area contributed by atoms with Gasteiger partial charge in [0.05, 0.1) is 16.3 Å². The minimum Gasteiger partial charge on any atom is -0.311 e. The molecular weight excluding hydrogens is 280 g/mol. The molecule has 0 saturated heterocycles. The first-order valence-electron chi connectivity index (χ1n) is 6.31. The number of benzene rings is 1. The highest BCUT2D eigenvalue weighted by Crippen LogP contribution is 2.26. The molecule has 0 fully saturated rings. The molecular formula is C13H15ClN4O2. The summed E-state index contributed by atoms with van der Waals surface area (Å²) in [6.45, 7) is 3.70. The predicted molar refractivity (Wildman–Crippen MR) is 77.2 cm³/mol. The molecule has 2 aromatic rings. The zero-order valence-electron chi connectivity index (χ0n) is 11.0. The molecule has 0 saturated carbocycles. The number of halogens is 1. The maximum absolute atomic E-state index is 10.9. The topological polar surface area (TPSA) is 73.0 Å². The van der Waals surface area contributed by atoms with Crippen LogP contribution in [0.1, 0.15) is 19.0 Å². The summed E-state index contributed by atoms with van der Waals surface area (Å²) >= 11 is 5.79. The Kier molecular flexibility index (Phi) is 4.70. The van der Waals surface area contributed by atoms with E-state index in [4.69, 9.17) is 11.6 Å². The van der Waals surface area contributed by atoms with Crippen molar-refractivity contribution in [2.75, 3.05) is 6.54 Å². The summed E-state index contributed by atoms with van der Waals surface area (Å²) < 4.78 is 1.60. The van der Waals surface area contributed by atoms with Gasteiger partial charge in [-0.3, -0.25) is 10.1 Å². The van der Waals surface area contributed by atoms with Gasteiger partial charge in [-0.1, -0.05) is 18.5 Å². The van der Waals surface area contributed by atoms with E-state index in [9.17, 15) is 10.1 Å². The Morgan fingerprint density at radius 1 is 1.45 bits per heavy atom. The molecule has 1 N–H and O–H groups in total. The molecule has 0 bridgehead atoms. The van der Waals surface area contributed by atoms with E-state index >= 15 is 0 Å². The molecule has 6 nitrogen and oxygen atoms in total. The van der Waals surface area contributed by atoms with Crippen LogP contribution in [0.5, 0.6) is 0 Å². The summed E-state index contributed by atoms with van der Waals surface area (Å²) in [7, 11) is 0. The van der Waals surface area contributed by atoms with Crippen LogP contribution in [-0.2, 0) is 6.54 Å². The molecule has 0 unspecified atom stereocenters. The summed E-state index contributed by atoms with van der Waals surface area (Å²) in [4.78, 5) is 10.4. The number of aromatic nitrogens is 2. The van der Waals surface area contributed by atoms with Gasteiger partial charge in [0.1, 0.15) is 5.02 Å². The van der Waals surface area contributed by atoms with Crippen LogP contribution in [0.15, 0.2) is 30.5 Å². The second-order valence-corrected chi connectivity index (χ2v) is 4.73. The lowest BCUT2D eigenvalue weighted by Crippen LogP contribution is -2.14. The summed E-state index contributed by atoms with van der Waals surface area (Å²) in [6, 6.07) is 6.50. The normalized spacial score (nSPS) is 10.7. The van der Waals surface area contributed by atoms with Crippen LogP contribution < -0.4 is 5.32 Å². The van der Waals surface area contributed by atoms with E-state index in [-0.39, 0.29) is 10.7 Å². The number of nitro groups is 1. The third-order valence-corrected chi connectivity index (χ3v) is 3.09. The van der Waals surface area contributed by atoms with Gasteiger partial charge in [0, 0.05) is 18.8 Å². The van der Waals surface area contributed by atoms with Gasteiger partial charge in [0.2, 0.25) is 0 Å². The minimum atomic E-state index is -0.501. The van der Waals surface area contributed by atoms with E-state index in [0.29, 0.717) is 12.2 Å². The Balaban J connectivity index is 2.19. The second-order valence-electron chi connectivity index (χ2n) is 4.32. The van der Waals surface area contributed by atoms with Crippen LogP contribution >= 0.6 is 11.6 Å². The predicted octanol–water partition coefficient (Wildman–Crippen LogP) is 2.93. The lowest BCUT2D eigenvalue weighted by Gasteiger charge is -2.03. The van der Waals surface area contributed by atoms with Crippen LogP contribution in [0.2, 0.25) is 5.02 Å². The molecule has 0 aliphatic heterocycles. The number of nitrogens with one attached hydrogen (secondary N) is 1. The highest BCUT2D eigenvalue weighted by Gasteiger charge is 2.13. The van der Waals surface area contributed by atoms with Crippen molar-refractivity contribution in [1.82, 2.24) is 15.1 Å². The molecule has 20 heavy (non-hydrogen) atoms. The Labute approximate surface area is 121 Å². The third kappa shape index (κ3) is 3.34. The average Bonchev–Trinajstić information content (AvgIpc) is 2.88. The third-order valence-electron chi connectivity index (χ3n) is 2.77. The minimum absolute atomic E-state index is 0.120. The summed E-state index contributed by atoms with van der Waals surface area (Å²) in [5.41, 5.74) is 1.38. The SMILES string of the molecule is CCCNCc1ccn(-c2ccc(Cl)c([N+](=O)[O-])c2)n1. The number of nitro benzene ring substituents is 1. The fourth-order valence-electron chi connectivity index (χ4n) is 1.78. The van der Waals surface area contributed by atoms with Gasteiger partial charge in [-0.25, -0.2) is 4.68 Å². The van der Waals surface area contributed by atoms with Gasteiger partial charge in [0.15, 0.2) is 0 Å². The monoisotopic (exact) mass is 294 g/mol. The molecule has 0 spiro atoms. The second kappa shape index (κ2) is 6.49. The Bertz CT molecular complexity index is 612. The van der Waals surface area contributed by atoms with Gasteiger partial charge in [0.25, 0.3) is 5.69 Å². The number of hydrogen-bond donors (Lipinski definition) is 1. The molecule has 7 heteroatoms. The molecule has 2 rings (SSSR count). The van der Waals surface area contributed by atoms with E-state index in [0.717, 1.165) is 18.7 Å². The van der Waals surface area contributed by atoms with Crippen LogP contribution in [0.25, 0.3) is 5.69 Å². The van der Waals surface area contributed by atoms with Crippen LogP contribution in [-0.4, -0.2) is 21.2 Å². The fraction of sp³-hybridized carbons (Fsp3) is 0.308. The Morgan fingerprint density at radius 3 is 2.95 bits per heavy atom. The first kappa shape index (κ1) is 14.5. The van der Waals surface area contributed by atoms with Crippen molar-refractivity contribution in [1.29, 1.82) is 0 Å². The number of rotatable bonds is 6. The fourth-order valence-corrected chi connectivity index (χ4v) is 1.96. The summed E-state index contributed by atoms with van der Waals surface area (Å²) in [5.74, 6) is 0. The van der Waals surface area contributed by atoms with E-state index < -0.39 is 4.92 Å². The number of hydrogen-bond acceptors (Lipinski definition) is 4. The lowest BCUT2D eigenvalue weighted by atomic mass is 10.3. The van der Waals surface area contributed by atoms with Gasteiger partial charge in [-0.2, -0.15) is 5.10 Å². The molecule has 0 radical (unpaired) electrons. The van der Waals surface area contributed by atoms with E-state index in [1.807, 2.05) is 6.07 Å². The van der Waals surface area contributed by atoms with Crippen molar-refractivity contribution in [3.8, 4) is 5.69 Å². The maximum Gasteiger partial charge on any atom is 0.290 e. The Hall–Kier alpha value is -1.92. The average molecular weight is 295 g/mol. The van der Waals surface area contributed by atoms with E-state index in [1.165, 1.54) is 12.1 Å². The van der Waals surface area contributed by atoms with Crippen molar-refractivity contribution in [3.05, 3.63) is 51.3 Å². The molecule has 1 aromatic carbocycles. The van der Waals surface area contributed by atoms with Crippen molar-refractivity contribution in [2.24, 2.45) is 0 Å². The molecule has 1 aromatic heterocycles. The first-order chi connectivity index (χ1) is 9.61. The molecule has 106 valence electrons. The quantitative estimate of drug-likeness (QED) is 0.505. The smallest absolute Gasteiger partial charge is 0.290 e. The standard InChI is InChI=1S/C13H15ClN4O2/c1-2-6-15-9-10-5-7-17(16-10)11-3-4-12(14)13(8-11)18(19)20/h3-5,7-8,15H,2,6,9H2,1H3. The highest BCUT2D eigenvalue weighted by molar-refractivity contribution is 6.32. The van der Waals surface area contributed by atoms with Crippen molar-refractivity contribution in [3.63, 3.8) is 0 Å². The Morgan fingerprint density at radius 2 is 2.25 bits per heavy atom. The highest BCUT2D eigenvalue weighted by atomic mass is 35.5. The van der Waals surface area contributed by atoms with Crippen LogP contribution in [0, 0.1) is 10.1 Å². The number of nitrogens with zero attached hydrogens (tertiary/aromatic N) is 3. The van der Waals surface area contributed by atoms with Gasteiger partial charge in [-0.15, -0.1) is 0 Å². The van der Waals surface area contributed by atoms with Crippen molar-refractivity contribution in [2.45, 2.75) is 19.9 Å². The van der Waals surface area contributed by atoms with Crippen LogP contribution in [0.4, 0.5) is 5.69 Å². The molecule has 0 aliphatic carbocycles. The molecule has 0 amide bonds. The molecule has 0 aliphatic rings. The largest absolute Gasteiger partial charge is 0.311 e. The summed E-state index contributed by atoms with van der Waals surface area (Å²) in [6.07, 6.45) is 2.83. The molecule has 1 heterocycles. The van der Waals surface area contributed by atoms with Crippen LogP contribution in [0.3, 0.4) is 0 Å².